The van der Waals surface area contributed by atoms with Gasteiger partial charge in [0, 0.05) is 23.4 Å². The first kappa shape index (κ1) is 12.8. The van der Waals surface area contributed by atoms with Gasteiger partial charge in [-0.3, -0.25) is 4.79 Å². The van der Waals surface area contributed by atoms with Crippen molar-refractivity contribution >= 4 is 21.4 Å². The fraction of sp³-hybridized carbons (Fsp3) is 0.308. The molecule has 0 fully saturated rings. The molecule has 1 unspecified atom stereocenters. The van der Waals surface area contributed by atoms with E-state index in [1.165, 1.54) is 5.41 Å². The van der Waals surface area contributed by atoms with Crippen molar-refractivity contribution in [1.82, 2.24) is 0 Å². The van der Waals surface area contributed by atoms with E-state index in [1.54, 1.807) is 6.08 Å². The number of hydrogen-bond acceptors (Lipinski definition) is 3. The molecule has 0 spiro atoms. The molecule has 1 amide bonds. The molecule has 0 radical (unpaired) electrons. The van der Waals surface area contributed by atoms with E-state index in [1.807, 2.05) is 31.2 Å². The molecule has 18 heavy (non-hydrogen) atoms. The molecular formula is C13H15NO3S. The Morgan fingerprint density at radius 2 is 2.22 bits per heavy atom. The van der Waals surface area contributed by atoms with Gasteiger partial charge in [-0.15, -0.1) is 0 Å². The maximum absolute atomic E-state index is 11.8. The van der Waals surface area contributed by atoms with Crippen molar-refractivity contribution in [3.05, 3.63) is 41.3 Å². The van der Waals surface area contributed by atoms with Crippen molar-refractivity contribution in [3.8, 4) is 0 Å². The Morgan fingerprint density at radius 1 is 1.44 bits per heavy atom. The van der Waals surface area contributed by atoms with Gasteiger partial charge in [-0.25, -0.2) is 8.42 Å². The number of aryl methyl sites for hydroxylation is 1. The molecule has 4 nitrogen and oxygen atoms in total. The summed E-state index contributed by atoms with van der Waals surface area (Å²) < 4.78 is 22.4. The van der Waals surface area contributed by atoms with Gasteiger partial charge in [0.25, 0.3) is 0 Å². The minimum atomic E-state index is -3.08. The van der Waals surface area contributed by atoms with E-state index in [0.29, 0.717) is 0 Å². The highest BCUT2D eigenvalue weighted by atomic mass is 32.2. The Hall–Kier alpha value is -1.62. The maximum atomic E-state index is 11.8. The zero-order chi connectivity index (χ0) is 13.2. The predicted octanol–water partition coefficient (Wildman–Crippen LogP) is 1.88. The molecule has 1 atom stereocenters. The van der Waals surface area contributed by atoms with Crippen LogP contribution in [0.3, 0.4) is 0 Å². The Balaban J connectivity index is 1.92. The van der Waals surface area contributed by atoms with Crippen molar-refractivity contribution in [2.75, 3.05) is 11.1 Å². The first-order chi connectivity index (χ1) is 8.44. The average molecular weight is 265 g/mol. The van der Waals surface area contributed by atoms with Gasteiger partial charge in [-0.2, -0.15) is 0 Å². The Labute approximate surface area is 107 Å². The number of allylic oxidation sites excluding steroid dienone is 1. The molecule has 0 aromatic heterocycles. The molecular weight excluding hydrogens is 250 g/mol. The lowest BCUT2D eigenvalue weighted by molar-refractivity contribution is -0.116. The molecule has 1 N–H and O–H groups in total. The summed E-state index contributed by atoms with van der Waals surface area (Å²) in [5.41, 5.74) is 1.81. The van der Waals surface area contributed by atoms with Crippen LogP contribution in [-0.2, 0) is 14.6 Å². The van der Waals surface area contributed by atoms with Crippen molar-refractivity contribution in [1.29, 1.82) is 0 Å². The number of carbonyl (C=O) groups excluding carboxylic acids is 1. The van der Waals surface area contributed by atoms with Crippen LogP contribution in [0.25, 0.3) is 0 Å². The van der Waals surface area contributed by atoms with Crippen molar-refractivity contribution < 1.29 is 13.2 Å². The molecule has 0 aliphatic carbocycles. The summed E-state index contributed by atoms with van der Waals surface area (Å²) in [5, 5.41) is 3.96. The summed E-state index contributed by atoms with van der Waals surface area (Å²) in [7, 11) is -3.08. The number of anilines is 1. The number of amides is 1. The van der Waals surface area contributed by atoms with Crippen LogP contribution < -0.4 is 5.32 Å². The van der Waals surface area contributed by atoms with E-state index < -0.39 is 9.84 Å². The van der Waals surface area contributed by atoms with E-state index in [0.717, 1.165) is 11.3 Å². The summed E-state index contributed by atoms with van der Waals surface area (Å²) in [6.45, 7) is 1.95. The van der Waals surface area contributed by atoms with Gasteiger partial charge in [0.2, 0.25) is 5.91 Å². The second-order valence-electron chi connectivity index (χ2n) is 4.54. The van der Waals surface area contributed by atoms with Crippen LogP contribution in [0.5, 0.6) is 0 Å². The van der Waals surface area contributed by atoms with E-state index >= 15 is 0 Å². The molecule has 96 valence electrons. The molecule has 1 aromatic rings. The van der Waals surface area contributed by atoms with E-state index in [9.17, 15) is 13.2 Å². The molecule has 2 rings (SSSR count). The molecule has 1 aliphatic rings. The lowest BCUT2D eigenvalue weighted by atomic mass is 10.1. The van der Waals surface area contributed by atoms with Crippen LogP contribution in [0.2, 0.25) is 0 Å². The van der Waals surface area contributed by atoms with Crippen molar-refractivity contribution in [2.24, 2.45) is 5.92 Å². The first-order valence-electron chi connectivity index (χ1n) is 5.72. The number of benzene rings is 1. The van der Waals surface area contributed by atoms with Crippen LogP contribution in [0.15, 0.2) is 35.7 Å². The maximum Gasteiger partial charge on any atom is 0.224 e. The Kier molecular flexibility index (Phi) is 3.52. The quantitative estimate of drug-likeness (QED) is 0.907. The first-order valence-corrected chi connectivity index (χ1v) is 7.44. The highest BCUT2D eigenvalue weighted by Crippen LogP contribution is 2.19. The third kappa shape index (κ3) is 3.43. The average Bonchev–Trinajstić information content (AvgIpc) is 2.57. The molecule has 0 saturated carbocycles. The highest BCUT2D eigenvalue weighted by molar-refractivity contribution is 7.94. The van der Waals surface area contributed by atoms with Gasteiger partial charge in [0.05, 0.1) is 5.75 Å². The Morgan fingerprint density at radius 3 is 2.83 bits per heavy atom. The summed E-state index contributed by atoms with van der Waals surface area (Å²) in [6.07, 6.45) is 1.79. The molecule has 1 aliphatic heterocycles. The second kappa shape index (κ2) is 4.94. The lowest BCUT2D eigenvalue weighted by Gasteiger charge is -2.08. The molecule has 0 bridgehead atoms. The monoisotopic (exact) mass is 265 g/mol. The third-order valence-corrected chi connectivity index (χ3v) is 4.22. The fourth-order valence-corrected chi connectivity index (χ4v) is 3.34. The third-order valence-electron chi connectivity index (χ3n) is 2.75. The molecule has 0 saturated heterocycles. The zero-order valence-corrected chi connectivity index (χ0v) is 10.9. The van der Waals surface area contributed by atoms with Gasteiger partial charge < -0.3 is 5.32 Å². The van der Waals surface area contributed by atoms with Gasteiger partial charge in [-0.05, 0) is 24.6 Å². The summed E-state index contributed by atoms with van der Waals surface area (Å²) in [6, 6.07) is 7.50. The number of sulfone groups is 1. The van der Waals surface area contributed by atoms with Crippen LogP contribution in [0, 0.1) is 12.8 Å². The van der Waals surface area contributed by atoms with Crippen molar-refractivity contribution in [3.63, 3.8) is 0 Å². The summed E-state index contributed by atoms with van der Waals surface area (Å²) in [5.74, 6) is -0.332. The van der Waals surface area contributed by atoms with Crippen LogP contribution in [0.4, 0.5) is 5.69 Å². The minimum Gasteiger partial charge on any atom is -0.326 e. The SMILES string of the molecule is Cc1cccc(NC(=O)CC2C=CS(=O)(=O)C2)c1. The highest BCUT2D eigenvalue weighted by Gasteiger charge is 2.23. The van der Waals surface area contributed by atoms with Gasteiger partial charge in [0.15, 0.2) is 9.84 Å². The topological polar surface area (TPSA) is 63.2 Å². The largest absolute Gasteiger partial charge is 0.326 e. The second-order valence-corrected chi connectivity index (χ2v) is 6.47. The molecule has 1 aromatic carbocycles. The molecule has 5 heteroatoms. The number of carbonyl (C=O) groups is 1. The zero-order valence-electron chi connectivity index (χ0n) is 10.1. The Bertz CT molecular complexity index is 590. The van der Waals surface area contributed by atoms with Crippen LogP contribution in [-0.4, -0.2) is 20.1 Å². The number of hydrogen-bond donors (Lipinski definition) is 1. The van der Waals surface area contributed by atoms with Gasteiger partial charge in [0.1, 0.15) is 0 Å². The predicted molar refractivity (Wildman–Crippen MR) is 70.8 cm³/mol. The van der Waals surface area contributed by atoms with Gasteiger partial charge in [-0.1, -0.05) is 18.2 Å². The van der Waals surface area contributed by atoms with E-state index in [4.69, 9.17) is 0 Å². The number of nitrogens with one attached hydrogen (secondary N) is 1. The van der Waals surface area contributed by atoms with Crippen LogP contribution >= 0.6 is 0 Å². The van der Waals surface area contributed by atoms with Gasteiger partial charge >= 0.3 is 0 Å². The standard InChI is InChI=1S/C13H15NO3S/c1-10-3-2-4-12(7-10)14-13(15)8-11-5-6-18(16,17)9-11/h2-7,11H,8-9H2,1H3,(H,14,15). The number of rotatable bonds is 3. The lowest BCUT2D eigenvalue weighted by Crippen LogP contribution is -2.17. The van der Waals surface area contributed by atoms with E-state index in [-0.39, 0.29) is 24.0 Å². The summed E-state index contributed by atoms with van der Waals surface area (Å²) in [4.78, 5) is 11.8. The smallest absolute Gasteiger partial charge is 0.224 e. The van der Waals surface area contributed by atoms with Crippen molar-refractivity contribution in [2.45, 2.75) is 13.3 Å². The van der Waals surface area contributed by atoms with Crippen LogP contribution in [0.1, 0.15) is 12.0 Å². The normalized spacial score (nSPS) is 20.8. The minimum absolute atomic E-state index is 0.0359. The molecule has 1 heterocycles. The summed E-state index contributed by atoms with van der Waals surface area (Å²) >= 11 is 0. The fourth-order valence-electron chi connectivity index (χ4n) is 1.94. The van der Waals surface area contributed by atoms with E-state index in [2.05, 4.69) is 5.32 Å².